The second kappa shape index (κ2) is 7.00. The highest BCUT2D eigenvalue weighted by molar-refractivity contribution is 5.86. The minimum absolute atomic E-state index is 0.223. The summed E-state index contributed by atoms with van der Waals surface area (Å²) in [6, 6.07) is 5.90. The van der Waals surface area contributed by atoms with Gasteiger partial charge in [-0.3, -0.25) is 9.48 Å². The van der Waals surface area contributed by atoms with Crippen LogP contribution in [-0.2, 0) is 18.4 Å². The van der Waals surface area contributed by atoms with E-state index in [1.165, 1.54) is 18.2 Å². The van der Waals surface area contributed by atoms with Crippen LogP contribution in [0.5, 0.6) is 0 Å². The van der Waals surface area contributed by atoms with Crippen LogP contribution >= 0.6 is 0 Å². The second-order valence-electron chi connectivity index (χ2n) is 5.27. The lowest BCUT2D eigenvalue weighted by atomic mass is 10.1. The second-order valence-corrected chi connectivity index (χ2v) is 5.27. The lowest BCUT2D eigenvalue weighted by molar-refractivity contribution is -0.116. The van der Waals surface area contributed by atoms with E-state index in [0.29, 0.717) is 28.3 Å². The van der Waals surface area contributed by atoms with E-state index in [2.05, 4.69) is 32.2 Å². The number of benzene rings is 1. The van der Waals surface area contributed by atoms with Crippen LogP contribution in [0.15, 0.2) is 49.3 Å². The summed E-state index contributed by atoms with van der Waals surface area (Å²) >= 11 is 0. The largest absolute Gasteiger partial charge is 0.348 e. The van der Waals surface area contributed by atoms with Crippen LogP contribution < -0.4 is 5.32 Å². The molecule has 126 valence electrons. The van der Waals surface area contributed by atoms with E-state index in [0.717, 1.165) is 0 Å². The highest BCUT2D eigenvalue weighted by Crippen LogP contribution is 2.23. The molecular formula is C17H15FN6O. The van der Waals surface area contributed by atoms with Gasteiger partial charge in [0.15, 0.2) is 5.82 Å². The summed E-state index contributed by atoms with van der Waals surface area (Å²) in [5.41, 5.74) is 2.46. The van der Waals surface area contributed by atoms with Crippen LogP contribution in [0.1, 0.15) is 5.56 Å². The number of carbonyl (C=O) groups excluding carboxylic acids is 1. The number of hydrogen-bond acceptors (Lipinski definition) is 5. The maximum absolute atomic E-state index is 13.1. The Morgan fingerprint density at radius 3 is 2.76 bits per heavy atom. The lowest BCUT2D eigenvalue weighted by Gasteiger charge is -2.09. The first-order chi connectivity index (χ1) is 12.1. The number of hydrogen-bond donors (Lipinski definition) is 1. The van der Waals surface area contributed by atoms with E-state index in [4.69, 9.17) is 0 Å². The predicted molar refractivity (Wildman–Crippen MR) is 89.5 cm³/mol. The summed E-state index contributed by atoms with van der Waals surface area (Å²) in [5.74, 6) is -0.200. The van der Waals surface area contributed by atoms with Gasteiger partial charge < -0.3 is 5.32 Å². The molecule has 0 radical (unpaired) electrons. The Labute approximate surface area is 143 Å². The van der Waals surface area contributed by atoms with Crippen LogP contribution in [0.2, 0.25) is 0 Å². The fourth-order valence-corrected chi connectivity index (χ4v) is 2.21. The van der Waals surface area contributed by atoms with Crippen molar-refractivity contribution >= 4 is 5.91 Å². The molecule has 0 unspecified atom stereocenters. The number of halogens is 1. The van der Waals surface area contributed by atoms with Crippen molar-refractivity contribution in [2.24, 2.45) is 7.05 Å². The molecule has 3 aromatic rings. The van der Waals surface area contributed by atoms with Crippen LogP contribution in [0.3, 0.4) is 0 Å². The molecule has 0 atom stereocenters. The quantitative estimate of drug-likeness (QED) is 0.718. The number of aromatic nitrogens is 5. The molecule has 3 rings (SSSR count). The monoisotopic (exact) mass is 338 g/mol. The van der Waals surface area contributed by atoms with Gasteiger partial charge in [-0.15, -0.1) is 5.10 Å². The summed E-state index contributed by atoms with van der Waals surface area (Å²) in [6.45, 7) is 3.64. The van der Waals surface area contributed by atoms with Gasteiger partial charge in [0, 0.05) is 30.9 Å². The molecule has 1 N–H and O–H groups in total. The van der Waals surface area contributed by atoms with Crippen LogP contribution in [0, 0.1) is 5.82 Å². The molecule has 0 saturated heterocycles. The number of nitrogens with one attached hydrogen (secondary N) is 1. The smallest absolute Gasteiger partial charge is 0.243 e. The molecule has 2 aromatic heterocycles. The molecule has 0 saturated carbocycles. The Balaban J connectivity index is 2.02. The first-order valence-electron chi connectivity index (χ1n) is 7.45. The highest BCUT2D eigenvalue weighted by Gasteiger charge is 2.14. The average molecular weight is 338 g/mol. The van der Waals surface area contributed by atoms with E-state index in [1.807, 2.05) is 0 Å². The summed E-state index contributed by atoms with van der Waals surface area (Å²) < 4.78 is 14.7. The molecule has 0 aliphatic carbocycles. The Morgan fingerprint density at radius 2 is 2.12 bits per heavy atom. The molecule has 25 heavy (non-hydrogen) atoms. The fraction of sp³-hybridized carbons (Fsp3) is 0.118. The van der Waals surface area contributed by atoms with E-state index in [9.17, 15) is 9.18 Å². The first kappa shape index (κ1) is 16.4. The fourth-order valence-electron chi connectivity index (χ4n) is 2.21. The molecule has 0 aliphatic heterocycles. The van der Waals surface area contributed by atoms with Crippen molar-refractivity contribution in [2.45, 2.75) is 6.54 Å². The van der Waals surface area contributed by atoms with Gasteiger partial charge in [-0.25, -0.2) is 14.4 Å². The minimum atomic E-state index is -0.332. The van der Waals surface area contributed by atoms with E-state index in [1.54, 1.807) is 36.3 Å². The predicted octanol–water partition coefficient (Wildman–Crippen LogP) is 1.88. The van der Waals surface area contributed by atoms with Gasteiger partial charge in [-0.05, 0) is 30.3 Å². The van der Waals surface area contributed by atoms with Gasteiger partial charge >= 0.3 is 0 Å². The van der Waals surface area contributed by atoms with Crippen molar-refractivity contribution in [3.05, 3.63) is 60.7 Å². The highest BCUT2D eigenvalue weighted by atomic mass is 19.1. The molecule has 0 bridgehead atoms. The first-order valence-corrected chi connectivity index (χ1v) is 7.45. The van der Waals surface area contributed by atoms with Gasteiger partial charge in [0.2, 0.25) is 5.91 Å². The van der Waals surface area contributed by atoms with E-state index >= 15 is 0 Å². The van der Waals surface area contributed by atoms with Crippen molar-refractivity contribution in [3.63, 3.8) is 0 Å². The summed E-state index contributed by atoms with van der Waals surface area (Å²) in [5, 5.41) is 10.7. The van der Waals surface area contributed by atoms with Gasteiger partial charge in [-0.1, -0.05) is 11.8 Å². The summed E-state index contributed by atoms with van der Waals surface area (Å²) in [6.07, 6.45) is 4.52. The average Bonchev–Trinajstić information content (AvgIpc) is 3.06. The van der Waals surface area contributed by atoms with Crippen molar-refractivity contribution in [2.75, 3.05) is 0 Å². The number of aryl methyl sites for hydroxylation is 1. The van der Waals surface area contributed by atoms with Gasteiger partial charge in [0.25, 0.3) is 0 Å². The molecule has 0 aliphatic rings. The summed E-state index contributed by atoms with van der Waals surface area (Å²) in [4.78, 5) is 20.3. The molecular weight excluding hydrogens is 323 g/mol. The van der Waals surface area contributed by atoms with Crippen LogP contribution in [0.4, 0.5) is 4.39 Å². The Hall–Kier alpha value is -3.42. The molecule has 0 spiro atoms. The zero-order valence-corrected chi connectivity index (χ0v) is 13.5. The molecule has 1 amide bonds. The Morgan fingerprint density at radius 1 is 1.36 bits per heavy atom. The lowest BCUT2D eigenvalue weighted by Crippen LogP contribution is -2.21. The SMILES string of the molecule is C=CC(=O)NCc1cnc(-c2ccc(F)cc2)nc1-c1cn(C)nn1. The third-order valence-electron chi connectivity index (χ3n) is 3.45. The van der Waals surface area contributed by atoms with Crippen LogP contribution in [-0.4, -0.2) is 30.9 Å². The molecule has 7 nitrogen and oxygen atoms in total. The van der Waals surface area contributed by atoms with E-state index in [-0.39, 0.29) is 18.3 Å². The molecule has 1 aromatic carbocycles. The van der Waals surface area contributed by atoms with Crippen molar-refractivity contribution in [3.8, 4) is 22.8 Å². The maximum atomic E-state index is 13.1. The number of amides is 1. The topological polar surface area (TPSA) is 85.6 Å². The minimum Gasteiger partial charge on any atom is -0.348 e. The number of rotatable bonds is 5. The third-order valence-corrected chi connectivity index (χ3v) is 3.45. The molecule has 2 heterocycles. The van der Waals surface area contributed by atoms with Crippen molar-refractivity contribution < 1.29 is 9.18 Å². The van der Waals surface area contributed by atoms with Gasteiger partial charge in [0.1, 0.15) is 17.2 Å². The van der Waals surface area contributed by atoms with Crippen LogP contribution in [0.25, 0.3) is 22.8 Å². The standard InChI is InChI=1S/C17H15FN6O/c1-3-15(25)19-8-12-9-20-17(11-4-6-13(18)7-5-11)21-16(12)14-10-24(2)23-22-14/h3-7,9-10H,1,8H2,2H3,(H,19,25). The number of nitrogens with zero attached hydrogens (tertiary/aromatic N) is 5. The van der Waals surface area contributed by atoms with Crippen molar-refractivity contribution in [1.29, 1.82) is 0 Å². The zero-order valence-electron chi connectivity index (χ0n) is 13.5. The molecule has 8 heteroatoms. The van der Waals surface area contributed by atoms with E-state index < -0.39 is 0 Å². The Bertz CT molecular complexity index is 919. The Kier molecular flexibility index (Phi) is 4.60. The number of carbonyl (C=O) groups is 1. The van der Waals surface area contributed by atoms with Crippen molar-refractivity contribution in [1.82, 2.24) is 30.3 Å². The summed E-state index contributed by atoms with van der Waals surface area (Å²) in [7, 11) is 1.75. The maximum Gasteiger partial charge on any atom is 0.243 e. The normalized spacial score (nSPS) is 10.5. The zero-order chi connectivity index (χ0) is 17.8. The molecule has 0 fully saturated rings. The third kappa shape index (κ3) is 3.74. The van der Waals surface area contributed by atoms with Gasteiger partial charge in [0.05, 0.1) is 6.20 Å². The van der Waals surface area contributed by atoms with Gasteiger partial charge in [-0.2, -0.15) is 0 Å².